The van der Waals surface area contributed by atoms with E-state index in [1.54, 1.807) is 0 Å². The summed E-state index contributed by atoms with van der Waals surface area (Å²) in [5, 5.41) is 1.31. The molecule has 0 fully saturated rings. The molecule has 3 aromatic rings. The summed E-state index contributed by atoms with van der Waals surface area (Å²) in [6, 6.07) is 17.6. The average Bonchev–Trinajstić information content (AvgIpc) is 2.81. The third-order valence-corrected chi connectivity index (χ3v) is 7.01. The fourth-order valence-corrected chi connectivity index (χ4v) is 5.30. The van der Waals surface area contributed by atoms with Crippen LogP contribution in [0.3, 0.4) is 0 Å². The SMILES string of the molecule is Cc1ccc(C(=O)CSc2nc(C)cc(SCC(=O)N3CCCc4ccccc43)n2)cc1. The molecule has 0 radical (unpaired) electrons. The third kappa shape index (κ3) is 5.58. The zero-order valence-electron chi connectivity index (χ0n) is 18.2. The number of nitrogens with zero attached hydrogens (tertiary/aromatic N) is 3. The summed E-state index contributed by atoms with van der Waals surface area (Å²) < 4.78 is 0. The molecule has 0 bridgehead atoms. The summed E-state index contributed by atoms with van der Waals surface area (Å²) in [7, 11) is 0. The molecule has 5 nitrogen and oxygen atoms in total. The highest BCUT2D eigenvalue weighted by Crippen LogP contribution is 2.28. The Morgan fingerprint density at radius 2 is 1.75 bits per heavy atom. The number of hydrogen-bond donors (Lipinski definition) is 0. The zero-order chi connectivity index (χ0) is 22.5. The lowest BCUT2D eigenvalue weighted by Crippen LogP contribution is -2.36. The second-order valence-corrected chi connectivity index (χ2v) is 9.71. The van der Waals surface area contributed by atoms with Crippen molar-refractivity contribution in [3.8, 4) is 0 Å². The van der Waals surface area contributed by atoms with E-state index in [0.29, 0.717) is 16.5 Å². The van der Waals surface area contributed by atoms with E-state index in [-0.39, 0.29) is 17.4 Å². The number of carbonyl (C=O) groups excluding carboxylic acids is 2. The minimum atomic E-state index is 0.0493. The molecule has 2 heterocycles. The number of aromatic nitrogens is 2. The molecule has 1 amide bonds. The van der Waals surface area contributed by atoms with E-state index in [1.807, 2.05) is 67.3 Å². The van der Waals surface area contributed by atoms with E-state index in [4.69, 9.17) is 0 Å². The molecule has 0 saturated carbocycles. The first-order valence-corrected chi connectivity index (χ1v) is 12.6. The monoisotopic (exact) mass is 463 g/mol. The van der Waals surface area contributed by atoms with Gasteiger partial charge in [0.1, 0.15) is 5.03 Å². The van der Waals surface area contributed by atoms with Crippen molar-refractivity contribution in [2.75, 3.05) is 23.0 Å². The molecular formula is C25H25N3O2S2. The van der Waals surface area contributed by atoms with Crippen LogP contribution in [0.15, 0.2) is 64.8 Å². The summed E-state index contributed by atoms with van der Waals surface area (Å²) in [5.74, 6) is 0.729. The van der Waals surface area contributed by atoms with Crippen LogP contribution in [0.5, 0.6) is 0 Å². The third-order valence-electron chi connectivity index (χ3n) is 5.27. The molecule has 0 atom stereocenters. The molecule has 1 aromatic heterocycles. The number of carbonyl (C=O) groups is 2. The molecular weight excluding hydrogens is 438 g/mol. The summed E-state index contributed by atoms with van der Waals surface area (Å²) in [6.45, 7) is 4.65. The molecule has 2 aromatic carbocycles. The Morgan fingerprint density at radius 3 is 2.56 bits per heavy atom. The Bertz CT molecular complexity index is 1130. The molecule has 0 aliphatic carbocycles. The van der Waals surface area contributed by atoms with E-state index >= 15 is 0 Å². The number of fused-ring (bicyclic) bond motifs is 1. The first kappa shape index (κ1) is 22.6. The molecule has 0 saturated heterocycles. The van der Waals surface area contributed by atoms with Gasteiger partial charge in [0, 0.05) is 23.5 Å². The highest BCUT2D eigenvalue weighted by atomic mass is 32.2. The highest BCUT2D eigenvalue weighted by molar-refractivity contribution is 8.00. The van der Waals surface area contributed by atoms with Gasteiger partial charge >= 0.3 is 0 Å². The van der Waals surface area contributed by atoms with Crippen molar-refractivity contribution in [2.24, 2.45) is 0 Å². The number of thioether (sulfide) groups is 2. The van der Waals surface area contributed by atoms with E-state index in [2.05, 4.69) is 16.0 Å². The van der Waals surface area contributed by atoms with E-state index in [9.17, 15) is 9.59 Å². The van der Waals surface area contributed by atoms with Gasteiger partial charge in [-0.15, -0.1) is 0 Å². The quantitative estimate of drug-likeness (QED) is 0.209. The first-order chi connectivity index (χ1) is 15.5. The summed E-state index contributed by atoms with van der Waals surface area (Å²) in [6.07, 6.45) is 2.00. The summed E-state index contributed by atoms with van der Waals surface area (Å²) in [4.78, 5) is 36.3. The number of hydrogen-bond acceptors (Lipinski definition) is 6. The number of ketones is 1. The van der Waals surface area contributed by atoms with Gasteiger partial charge in [-0.3, -0.25) is 9.59 Å². The number of anilines is 1. The Labute approximate surface area is 197 Å². The van der Waals surface area contributed by atoms with Crippen molar-refractivity contribution >= 4 is 40.9 Å². The standard InChI is InChI=1S/C25H25N3O2S2/c1-17-9-11-20(12-10-17)22(29)15-32-25-26-18(2)14-23(27-25)31-16-24(30)28-13-5-7-19-6-3-4-8-21(19)28/h3-4,6,8-12,14H,5,7,13,15-16H2,1-2H3. The number of amides is 1. The number of para-hydroxylation sites is 1. The van der Waals surface area contributed by atoms with Crippen LogP contribution in [0.2, 0.25) is 0 Å². The topological polar surface area (TPSA) is 63.2 Å². The van der Waals surface area contributed by atoms with E-state index in [1.165, 1.54) is 29.1 Å². The highest BCUT2D eigenvalue weighted by Gasteiger charge is 2.22. The number of aryl methyl sites for hydroxylation is 3. The van der Waals surface area contributed by atoms with Gasteiger partial charge in [-0.25, -0.2) is 9.97 Å². The fourth-order valence-electron chi connectivity index (χ4n) is 3.61. The molecule has 0 N–H and O–H groups in total. The smallest absolute Gasteiger partial charge is 0.237 e. The van der Waals surface area contributed by atoms with Gasteiger partial charge in [-0.05, 0) is 44.4 Å². The first-order valence-electron chi connectivity index (χ1n) is 10.6. The van der Waals surface area contributed by atoms with Crippen molar-refractivity contribution in [3.05, 3.63) is 77.0 Å². The molecule has 4 rings (SSSR count). The number of rotatable bonds is 7. The Hall–Kier alpha value is -2.64. The van der Waals surface area contributed by atoms with Crippen LogP contribution in [0.25, 0.3) is 0 Å². The molecule has 0 unspecified atom stereocenters. The average molecular weight is 464 g/mol. The van der Waals surface area contributed by atoms with Crippen LogP contribution in [0.4, 0.5) is 5.69 Å². The van der Waals surface area contributed by atoms with Crippen molar-refractivity contribution in [2.45, 2.75) is 36.9 Å². The Balaban J connectivity index is 1.37. The van der Waals surface area contributed by atoms with Gasteiger partial charge in [0.15, 0.2) is 10.9 Å². The van der Waals surface area contributed by atoms with Gasteiger partial charge in [0.25, 0.3) is 0 Å². The maximum atomic E-state index is 12.9. The lowest BCUT2D eigenvalue weighted by molar-refractivity contribution is -0.116. The maximum absolute atomic E-state index is 12.9. The van der Waals surface area contributed by atoms with Crippen LogP contribution in [-0.4, -0.2) is 39.7 Å². The molecule has 32 heavy (non-hydrogen) atoms. The largest absolute Gasteiger partial charge is 0.311 e. The fraction of sp³-hybridized carbons (Fsp3) is 0.280. The predicted octanol–water partition coefficient (Wildman–Crippen LogP) is 5.14. The van der Waals surface area contributed by atoms with Gasteiger partial charge in [0.2, 0.25) is 5.91 Å². The molecule has 1 aliphatic rings. The minimum absolute atomic E-state index is 0.0493. The second-order valence-electron chi connectivity index (χ2n) is 7.77. The van der Waals surface area contributed by atoms with Crippen LogP contribution < -0.4 is 4.90 Å². The van der Waals surface area contributed by atoms with Crippen LogP contribution in [-0.2, 0) is 11.2 Å². The minimum Gasteiger partial charge on any atom is -0.311 e. The van der Waals surface area contributed by atoms with E-state index in [0.717, 1.165) is 41.4 Å². The predicted molar refractivity (Wildman–Crippen MR) is 131 cm³/mol. The van der Waals surface area contributed by atoms with Crippen LogP contribution >= 0.6 is 23.5 Å². The lowest BCUT2D eigenvalue weighted by atomic mass is 10.0. The van der Waals surface area contributed by atoms with Crippen molar-refractivity contribution in [1.29, 1.82) is 0 Å². The molecule has 7 heteroatoms. The second kappa shape index (κ2) is 10.3. The summed E-state index contributed by atoms with van der Waals surface area (Å²) in [5.41, 5.74) is 4.89. The molecule has 1 aliphatic heterocycles. The van der Waals surface area contributed by atoms with Crippen LogP contribution in [0.1, 0.15) is 33.6 Å². The van der Waals surface area contributed by atoms with Crippen molar-refractivity contribution < 1.29 is 9.59 Å². The van der Waals surface area contributed by atoms with Crippen molar-refractivity contribution in [3.63, 3.8) is 0 Å². The maximum Gasteiger partial charge on any atom is 0.237 e. The van der Waals surface area contributed by atoms with Gasteiger partial charge in [0.05, 0.1) is 11.5 Å². The number of Topliss-reactive ketones (excluding diaryl/α,β-unsaturated/α-hetero) is 1. The molecule has 0 spiro atoms. The summed E-state index contributed by atoms with van der Waals surface area (Å²) >= 11 is 2.75. The van der Waals surface area contributed by atoms with Gasteiger partial charge in [-0.1, -0.05) is 71.6 Å². The Morgan fingerprint density at radius 1 is 0.969 bits per heavy atom. The number of benzene rings is 2. The normalized spacial score (nSPS) is 13.0. The zero-order valence-corrected chi connectivity index (χ0v) is 19.8. The van der Waals surface area contributed by atoms with E-state index < -0.39 is 0 Å². The Kier molecular flexibility index (Phi) is 7.27. The molecule has 164 valence electrons. The van der Waals surface area contributed by atoms with Crippen LogP contribution in [0, 0.1) is 13.8 Å². The van der Waals surface area contributed by atoms with Gasteiger partial charge < -0.3 is 4.90 Å². The van der Waals surface area contributed by atoms with Gasteiger partial charge in [-0.2, -0.15) is 0 Å². The van der Waals surface area contributed by atoms with Crippen molar-refractivity contribution in [1.82, 2.24) is 9.97 Å². The lowest BCUT2D eigenvalue weighted by Gasteiger charge is -2.29.